The molecule has 1 N–H and O–H groups in total. The first-order valence-corrected chi connectivity index (χ1v) is 7.37. The Morgan fingerprint density at radius 1 is 1.24 bits per heavy atom. The van der Waals surface area contributed by atoms with E-state index in [2.05, 4.69) is 26.1 Å². The van der Waals surface area contributed by atoms with Crippen molar-refractivity contribution >= 4 is 0 Å². The summed E-state index contributed by atoms with van der Waals surface area (Å²) >= 11 is 0. The largest absolute Gasteiger partial charge is 0.377 e. The van der Waals surface area contributed by atoms with E-state index in [9.17, 15) is 0 Å². The average molecular weight is 239 g/mol. The van der Waals surface area contributed by atoms with Crippen LogP contribution in [0.5, 0.6) is 0 Å². The fraction of sp³-hybridized carbons (Fsp3) is 1.00. The zero-order chi connectivity index (χ0) is 12.3. The summed E-state index contributed by atoms with van der Waals surface area (Å²) < 4.78 is 6.03. The lowest BCUT2D eigenvalue weighted by Gasteiger charge is -2.38. The Kier molecular flexibility index (Phi) is 4.48. The molecule has 100 valence electrons. The minimum atomic E-state index is 0.476. The van der Waals surface area contributed by atoms with Crippen molar-refractivity contribution in [2.45, 2.75) is 59.0 Å². The molecule has 2 fully saturated rings. The quantitative estimate of drug-likeness (QED) is 0.719. The van der Waals surface area contributed by atoms with Gasteiger partial charge in [-0.1, -0.05) is 20.8 Å². The maximum Gasteiger partial charge on any atom is 0.0594 e. The van der Waals surface area contributed by atoms with Crippen LogP contribution in [0.4, 0.5) is 0 Å². The van der Waals surface area contributed by atoms with Gasteiger partial charge in [0.05, 0.1) is 12.7 Å². The molecule has 0 spiro atoms. The minimum absolute atomic E-state index is 0.476. The first-order valence-electron chi connectivity index (χ1n) is 7.37. The van der Waals surface area contributed by atoms with Crippen LogP contribution in [0.15, 0.2) is 0 Å². The van der Waals surface area contributed by atoms with E-state index in [0.717, 1.165) is 25.0 Å². The van der Waals surface area contributed by atoms with E-state index in [1.54, 1.807) is 0 Å². The predicted molar refractivity (Wildman–Crippen MR) is 72.1 cm³/mol. The fourth-order valence-electron chi connectivity index (χ4n) is 3.31. The zero-order valence-corrected chi connectivity index (χ0v) is 11.8. The molecule has 0 radical (unpaired) electrons. The Morgan fingerprint density at radius 2 is 2.00 bits per heavy atom. The Bertz CT molecular complexity index is 235. The van der Waals surface area contributed by atoms with Gasteiger partial charge in [0.15, 0.2) is 0 Å². The average Bonchev–Trinajstić information content (AvgIpc) is 2.97. The van der Waals surface area contributed by atoms with Crippen molar-refractivity contribution in [2.75, 3.05) is 19.7 Å². The highest BCUT2D eigenvalue weighted by Gasteiger charge is 2.32. The Balaban J connectivity index is 1.57. The van der Waals surface area contributed by atoms with Crippen LogP contribution in [0.2, 0.25) is 0 Å². The Labute approximate surface area is 107 Å². The van der Waals surface area contributed by atoms with Crippen LogP contribution in [-0.2, 0) is 4.74 Å². The minimum Gasteiger partial charge on any atom is -0.377 e. The molecule has 2 atom stereocenters. The third-order valence-electron chi connectivity index (χ3n) is 4.11. The van der Waals surface area contributed by atoms with Crippen molar-refractivity contribution in [3.8, 4) is 0 Å². The molecule has 17 heavy (non-hydrogen) atoms. The lowest BCUT2D eigenvalue weighted by atomic mass is 9.71. The van der Waals surface area contributed by atoms with Crippen LogP contribution in [-0.4, -0.2) is 25.8 Å². The van der Waals surface area contributed by atoms with E-state index in [-0.39, 0.29) is 0 Å². The summed E-state index contributed by atoms with van der Waals surface area (Å²) in [6.07, 6.45) is 7.21. The molecular formula is C15H29NO. The second kappa shape index (κ2) is 5.71. The van der Waals surface area contributed by atoms with Gasteiger partial charge in [0, 0.05) is 6.54 Å². The first-order chi connectivity index (χ1) is 8.05. The fourth-order valence-corrected chi connectivity index (χ4v) is 3.31. The first kappa shape index (κ1) is 13.4. The highest BCUT2D eigenvalue weighted by atomic mass is 16.5. The van der Waals surface area contributed by atoms with Crippen LogP contribution < -0.4 is 5.32 Å². The molecule has 0 amide bonds. The molecule has 0 heterocycles. The number of hydrogen-bond acceptors (Lipinski definition) is 2. The van der Waals surface area contributed by atoms with Gasteiger partial charge in [0.1, 0.15) is 0 Å². The number of rotatable bonds is 6. The molecule has 2 nitrogen and oxygen atoms in total. The molecule has 0 aromatic rings. The van der Waals surface area contributed by atoms with E-state index in [1.807, 2.05) is 0 Å². The molecular weight excluding hydrogens is 210 g/mol. The van der Waals surface area contributed by atoms with E-state index in [4.69, 9.17) is 4.74 Å². The van der Waals surface area contributed by atoms with Crippen molar-refractivity contribution in [1.82, 2.24) is 5.32 Å². The highest BCUT2D eigenvalue weighted by Crippen LogP contribution is 2.39. The number of ether oxygens (including phenoxy) is 1. The van der Waals surface area contributed by atoms with Crippen LogP contribution in [0, 0.1) is 17.3 Å². The predicted octanol–water partition coefficient (Wildman–Crippen LogP) is 3.22. The van der Waals surface area contributed by atoms with Gasteiger partial charge in [-0.25, -0.2) is 0 Å². The molecule has 0 aromatic heterocycles. The summed E-state index contributed by atoms with van der Waals surface area (Å²) in [7, 11) is 0. The maximum atomic E-state index is 6.03. The Hall–Kier alpha value is -0.0800. The second-order valence-electron chi connectivity index (χ2n) is 7.05. The van der Waals surface area contributed by atoms with Crippen molar-refractivity contribution < 1.29 is 4.74 Å². The van der Waals surface area contributed by atoms with Gasteiger partial charge in [-0.05, 0) is 55.9 Å². The van der Waals surface area contributed by atoms with Gasteiger partial charge in [-0.15, -0.1) is 0 Å². The molecule has 2 rings (SSSR count). The second-order valence-corrected chi connectivity index (χ2v) is 7.05. The molecule has 2 aliphatic rings. The smallest absolute Gasteiger partial charge is 0.0594 e. The summed E-state index contributed by atoms with van der Waals surface area (Å²) in [6, 6.07) is 0. The number of hydrogen-bond donors (Lipinski definition) is 1. The lowest BCUT2D eigenvalue weighted by molar-refractivity contribution is -0.0213. The Morgan fingerprint density at radius 3 is 2.65 bits per heavy atom. The van der Waals surface area contributed by atoms with E-state index < -0.39 is 0 Å². The summed E-state index contributed by atoms with van der Waals surface area (Å²) in [5, 5.41) is 3.49. The van der Waals surface area contributed by atoms with Gasteiger partial charge >= 0.3 is 0 Å². The summed E-state index contributed by atoms with van der Waals surface area (Å²) in [5.41, 5.74) is 0.476. The van der Waals surface area contributed by atoms with Gasteiger partial charge in [0.25, 0.3) is 0 Å². The summed E-state index contributed by atoms with van der Waals surface area (Å²) in [6.45, 7) is 10.2. The van der Waals surface area contributed by atoms with Crippen molar-refractivity contribution in [3.63, 3.8) is 0 Å². The molecule has 0 aromatic carbocycles. The van der Waals surface area contributed by atoms with Crippen LogP contribution >= 0.6 is 0 Å². The molecule has 2 aliphatic carbocycles. The topological polar surface area (TPSA) is 21.3 Å². The SMILES string of the molecule is CC1CC(OCCNCC2CC2)CC(C)(C)C1. The van der Waals surface area contributed by atoms with Crippen molar-refractivity contribution in [3.05, 3.63) is 0 Å². The third-order valence-corrected chi connectivity index (χ3v) is 4.11. The van der Waals surface area contributed by atoms with Crippen LogP contribution in [0.25, 0.3) is 0 Å². The molecule has 2 unspecified atom stereocenters. The summed E-state index contributed by atoms with van der Waals surface area (Å²) in [5.74, 6) is 1.80. The van der Waals surface area contributed by atoms with Crippen molar-refractivity contribution in [2.24, 2.45) is 17.3 Å². The van der Waals surface area contributed by atoms with Crippen LogP contribution in [0.1, 0.15) is 52.9 Å². The molecule has 0 saturated heterocycles. The van der Waals surface area contributed by atoms with Gasteiger partial charge < -0.3 is 10.1 Å². The van der Waals surface area contributed by atoms with Crippen LogP contribution in [0.3, 0.4) is 0 Å². The summed E-state index contributed by atoms with van der Waals surface area (Å²) in [4.78, 5) is 0. The van der Waals surface area contributed by atoms with E-state index in [1.165, 1.54) is 38.6 Å². The third kappa shape index (κ3) is 4.97. The standard InChI is InChI=1S/C15H29NO/c1-12-8-14(10-15(2,3)9-12)17-7-6-16-11-13-4-5-13/h12-14,16H,4-11H2,1-3H3. The van der Waals surface area contributed by atoms with Gasteiger partial charge in [-0.2, -0.15) is 0 Å². The molecule has 2 saturated carbocycles. The van der Waals surface area contributed by atoms with Gasteiger partial charge in [0.2, 0.25) is 0 Å². The van der Waals surface area contributed by atoms with E-state index in [0.29, 0.717) is 11.5 Å². The lowest BCUT2D eigenvalue weighted by Crippen LogP contribution is -2.34. The monoisotopic (exact) mass is 239 g/mol. The normalized spacial score (nSPS) is 32.6. The molecule has 0 bridgehead atoms. The maximum absolute atomic E-state index is 6.03. The highest BCUT2D eigenvalue weighted by molar-refractivity contribution is 4.83. The van der Waals surface area contributed by atoms with E-state index >= 15 is 0 Å². The van der Waals surface area contributed by atoms with Crippen molar-refractivity contribution in [1.29, 1.82) is 0 Å². The molecule has 2 heteroatoms. The molecule has 0 aliphatic heterocycles. The zero-order valence-electron chi connectivity index (χ0n) is 11.8. The van der Waals surface area contributed by atoms with Gasteiger partial charge in [-0.3, -0.25) is 0 Å². The number of nitrogens with one attached hydrogen (secondary N) is 1.